The van der Waals surface area contributed by atoms with E-state index in [1.165, 1.54) is 19.4 Å². The van der Waals surface area contributed by atoms with Crippen LogP contribution in [0.15, 0.2) is 35.3 Å². The van der Waals surface area contributed by atoms with Gasteiger partial charge in [0.15, 0.2) is 0 Å². The summed E-state index contributed by atoms with van der Waals surface area (Å²) in [6.45, 7) is 1.81. The summed E-state index contributed by atoms with van der Waals surface area (Å²) in [5, 5.41) is 23.0. The van der Waals surface area contributed by atoms with Crippen molar-refractivity contribution in [1.82, 2.24) is 0 Å². The van der Waals surface area contributed by atoms with Crippen molar-refractivity contribution in [2.75, 3.05) is 7.11 Å². The fourth-order valence-electron chi connectivity index (χ4n) is 1.80. The van der Waals surface area contributed by atoms with Crippen LogP contribution in [0.25, 0.3) is 0 Å². The largest absolute Gasteiger partial charge is 0.872 e. The summed E-state index contributed by atoms with van der Waals surface area (Å²) in [5.74, 6) is 0.101. The third-order valence-electron chi connectivity index (χ3n) is 3.01. The molecule has 22 heavy (non-hydrogen) atoms. The van der Waals surface area contributed by atoms with Gasteiger partial charge in [-0.1, -0.05) is 23.4 Å². The second kappa shape index (κ2) is 6.44. The molecular formula is C15H12ClN2O4-. The molecule has 0 spiro atoms. The third kappa shape index (κ3) is 3.35. The Kier molecular flexibility index (Phi) is 4.62. The predicted molar refractivity (Wildman–Crippen MR) is 82.5 cm³/mol. The van der Waals surface area contributed by atoms with Gasteiger partial charge in [0.25, 0.3) is 5.69 Å². The molecule has 0 aromatic heterocycles. The standard InChI is InChI=1S/C15H13ClN2O4/c1-9-5-13(15(22-2)7-12(9)16)17-8-10-6-11(18(20)21)3-4-14(10)19/h3-8,19H,1-2H3/p-1. The molecule has 114 valence electrons. The van der Waals surface area contributed by atoms with Crippen LogP contribution in [0.1, 0.15) is 11.1 Å². The maximum Gasteiger partial charge on any atom is 0.270 e. The number of nitrogens with zero attached hydrogens (tertiary/aromatic N) is 2. The van der Waals surface area contributed by atoms with Crippen LogP contribution in [-0.4, -0.2) is 18.2 Å². The fourth-order valence-corrected chi connectivity index (χ4v) is 1.96. The first-order valence-corrected chi connectivity index (χ1v) is 6.64. The number of hydrogen-bond acceptors (Lipinski definition) is 5. The maximum absolute atomic E-state index is 11.7. The highest BCUT2D eigenvalue weighted by molar-refractivity contribution is 6.31. The van der Waals surface area contributed by atoms with Gasteiger partial charge in [-0.2, -0.15) is 0 Å². The minimum atomic E-state index is -0.566. The van der Waals surface area contributed by atoms with Crippen LogP contribution in [0.4, 0.5) is 11.4 Å². The summed E-state index contributed by atoms with van der Waals surface area (Å²) < 4.78 is 5.18. The first-order valence-electron chi connectivity index (χ1n) is 6.26. The van der Waals surface area contributed by atoms with Gasteiger partial charge in [-0.3, -0.25) is 15.1 Å². The molecule has 2 aromatic rings. The lowest BCUT2D eigenvalue weighted by Crippen LogP contribution is -1.98. The molecule has 0 unspecified atom stereocenters. The Bertz CT molecular complexity index is 759. The number of ether oxygens (including phenoxy) is 1. The van der Waals surface area contributed by atoms with E-state index in [0.29, 0.717) is 16.5 Å². The van der Waals surface area contributed by atoms with Crippen molar-refractivity contribution in [2.45, 2.75) is 6.92 Å². The molecule has 0 fully saturated rings. The van der Waals surface area contributed by atoms with Crippen molar-refractivity contribution in [3.8, 4) is 11.5 Å². The quantitative estimate of drug-likeness (QED) is 0.491. The topological polar surface area (TPSA) is 87.8 Å². The number of aryl methyl sites for hydroxylation is 1. The van der Waals surface area contributed by atoms with Crippen LogP contribution in [0.5, 0.6) is 11.5 Å². The van der Waals surface area contributed by atoms with Gasteiger partial charge in [-0.15, -0.1) is 0 Å². The Morgan fingerprint density at radius 2 is 2.05 bits per heavy atom. The molecular weight excluding hydrogens is 308 g/mol. The van der Waals surface area contributed by atoms with Crippen molar-refractivity contribution < 1.29 is 14.8 Å². The second-order valence-electron chi connectivity index (χ2n) is 4.51. The van der Waals surface area contributed by atoms with Gasteiger partial charge in [-0.05, 0) is 24.1 Å². The lowest BCUT2D eigenvalue weighted by Gasteiger charge is -2.10. The van der Waals surface area contributed by atoms with Gasteiger partial charge in [0.2, 0.25) is 0 Å². The first kappa shape index (κ1) is 15.8. The Morgan fingerprint density at radius 3 is 2.68 bits per heavy atom. The number of methoxy groups -OCH3 is 1. The average molecular weight is 320 g/mol. The van der Waals surface area contributed by atoms with E-state index in [9.17, 15) is 15.2 Å². The van der Waals surface area contributed by atoms with Crippen LogP contribution in [0, 0.1) is 17.0 Å². The molecule has 0 N–H and O–H groups in total. The van der Waals surface area contributed by atoms with Crippen molar-refractivity contribution in [2.24, 2.45) is 4.99 Å². The van der Waals surface area contributed by atoms with Crippen molar-refractivity contribution in [3.05, 3.63) is 56.6 Å². The van der Waals surface area contributed by atoms with Gasteiger partial charge in [0.1, 0.15) is 11.4 Å². The summed E-state index contributed by atoms with van der Waals surface area (Å²) in [7, 11) is 1.48. The molecule has 0 aliphatic heterocycles. The van der Waals surface area contributed by atoms with Gasteiger partial charge < -0.3 is 9.84 Å². The van der Waals surface area contributed by atoms with E-state index in [2.05, 4.69) is 4.99 Å². The van der Waals surface area contributed by atoms with Crippen molar-refractivity contribution >= 4 is 29.2 Å². The maximum atomic E-state index is 11.7. The molecule has 0 bridgehead atoms. The molecule has 0 aliphatic carbocycles. The molecule has 0 radical (unpaired) electrons. The van der Waals surface area contributed by atoms with E-state index < -0.39 is 4.92 Å². The van der Waals surface area contributed by atoms with E-state index in [0.717, 1.165) is 17.7 Å². The number of nitro groups is 1. The summed E-state index contributed by atoms with van der Waals surface area (Å²) in [6.07, 6.45) is 1.28. The monoisotopic (exact) mass is 319 g/mol. The van der Waals surface area contributed by atoms with Gasteiger partial charge >= 0.3 is 0 Å². The number of nitro benzene ring substituents is 1. The molecule has 0 aliphatic rings. The Morgan fingerprint density at radius 1 is 1.32 bits per heavy atom. The number of rotatable bonds is 4. The fraction of sp³-hybridized carbons (Fsp3) is 0.133. The molecule has 0 atom stereocenters. The summed E-state index contributed by atoms with van der Waals surface area (Å²) in [5.41, 5.74) is 1.25. The zero-order chi connectivity index (χ0) is 16.3. The molecule has 7 heteroatoms. The predicted octanol–water partition coefficient (Wildman–Crippen LogP) is 3.39. The van der Waals surface area contributed by atoms with Gasteiger partial charge in [-0.25, -0.2) is 0 Å². The smallest absolute Gasteiger partial charge is 0.270 e. The zero-order valence-corrected chi connectivity index (χ0v) is 12.6. The lowest BCUT2D eigenvalue weighted by molar-refractivity contribution is -0.385. The molecule has 2 rings (SSSR count). The van der Waals surface area contributed by atoms with Gasteiger partial charge in [0, 0.05) is 29.4 Å². The normalized spacial score (nSPS) is 10.9. The van der Waals surface area contributed by atoms with Crippen LogP contribution in [-0.2, 0) is 0 Å². The SMILES string of the molecule is COc1cc(Cl)c(C)cc1N=Cc1cc([N+](=O)[O-])ccc1[O-]. The molecule has 0 heterocycles. The van der Waals surface area contributed by atoms with Crippen LogP contribution in [0.3, 0.4) is 0 Å². The zero-order valence-electron chi connectivity index (χ0n) is 11.9. The number of hydrogen-bond donors (Lipinski definition) is 0. The summed E-state index contributed by atoms with van der Waals surface area (Å²) in [4.78, 5) is 14.4. The van der Waals surface area contributed by atoms with E-state index in [-0.39, 0.29) is 17.0 Å². The van der Waals surface area contributed by atoms with Crippen LogP contribution in [0.2, 0.25) is 5.02 Å². The third-order valence-corrected chi connectivity index (χ3v) is 3.41. The molecule has 2 aromatic carbocycles. The number of benzene rings is 2. The highest BCUT2D eigenvalue weighted by Crippen LogP contribution is 2.33. The minimum absolute atomic E-state index is 0.129. The average Bonchev–Trinajstić information content (AvgIpc) is 2.49. The van der Waals surface area contributed by atoms with Crippen molar-refractivity contribution in [1.29, 1.82) is 0 Å². The van der Waals surface area contributed by atoms with Crippen LogP contribution >= 0.6 is 11.6 Å². The van der Waals surface area contributed by atoms with Crippen LogP contribution < -0.4 is 9.84 Å². The van der Waals surface area contributed by atoms with E-state index in [1.807, 2.05) is 6.92 Å². The molecule has 6 nitrogen and oxygen atoms in total. The molecule has 0 saturated heterocycles. The molecule has 0 saturated carbocycles. The minimum Gasteiger partial charge on any atom is -0.872 e. The number of halogens is 1. The number of aliphatic imine (C=N–C) groups is 1. The van der Waals surface area contributed by atoms with E-state index >= 15 is 0 Å². The lowest BCUT2D eigenvalue weighted by atomic mass is 10.2. The Hall–Kier alpha value is -2.60. The highest BCUT2D eigenvalue weighted by atomic mass is 35.5. The first-order chi connectivity index (χ1) is 10.4. The summed E-state index contributed by atoms with van der Waals surface area (Å²) in [6, 6.07) is 6.81. The highest BCUT2D eigenvalue weighted by Gasteiger charge is 2.07. The van der Waals surface area contributed by atoms with Gasteiger partial charge in [0.05, 0.1) is 12.0 Å². The molecule has 0 amide bonds. The second-order valence-corrected chi connectivity index (χ2v) is 4.92. The number of non-ortho nitro benzene ring substituents is 1. The summed E-state index contributed by atoms with van der Waals surface area (Å²) >= 11 is 6.01. The Labute approximate surface area is 131 Å². The van der Waals surface area contributed by atoms with E-state index in [1.54, 1.807) is 12.1 Å². The Balaban J connectivity index is 2.42. The van der Waals surface area contributed by atoms with Crippen molar-refractivity contribution in [3.63, 3.8) is 0 Å². The van der Waals surface area contributed by atoms with E-state index in [4.69, 9.17) is 16.3 Å².